The standard InChI is InChI=1S/C6H13IO4/c7-11-6-5-10-4-3-9-2-1-8/h8H,1-6H2. The Hall–Kier alpha value is 0.570. The van der Waals surface area contributed by atoms with Crippen LogP contribution in [0, 0.1) is 0 Å². The van der Waals surface area contributed by atoms with E-state index in [0.29, 0.717) is 33.0 Å². The molecule has 0 atom stereocenters. The first-order valence-electron chi connectivity index (χ1n) is 3.41. The Balaban J connectivity index is 2.69. The highest BCUT2D eigenvalue weighted by atomic mass is 127. The first-order valence-corrected chi connectivity index (χ1v) is 4.29. The number of ether oxygens (including phenoxy) is 2. The average Bonchev–Trinajstić information content (AvgIpc) is 2.03. The van der Waals surface area contributed by atoms with Crippen molar-refractivity contribution in [1.82, 2.24) is 0 Å². The van der Waals surface area contributed by atoms with Crippen molar-refractivity contribution in [2.45, 2.75) is 0 Å². The first-order chi connectivity index (χ1) is 5.41. The summed E-state index contributed by atoms with van der Waals surface area (Å²) in [4.78, 5) is 0. The van der Waals surface area contributed by atoms with Crippen molar-refractivity contribution in [3.8, 4) is 0 Å². The zero-order valence-electron chi connectivity index (χ0n) is 6.29. The van der Waals surface area contributed by atoms with Gasteiger partial charge < -0.3 is 17.6 Å². The molecular weight excluding hydrogens is 263 g/mol. The molecule has 0 saturated heterocycles. The van der Waals surface area contributed by atoms with Gasteiger partial charge in [0.05, 0.1) is 39.6 Å². The van der Waals surface area contributed by atoms with E-state index in [9.17, 15) is 0 Å². The van der Waals surface area contributed by atoms with Crippen LogP contribution in [0.4, 0.5) is 0 Å². The maximum absolute atomic E-state index is 8.32. The highest BCUT2D eigenvalue weighted by Crippen LogP contribution is 1.85. The summed E-state index contributed by atoms with van der Waals surface area (Å²) >= 11 is 1.82. The highest BCUT2D eigenvalue weighted by molar-refractivity contribution is 14.1. The fourth-order valence-corrected chi connectivity index (χ4v) is 0.657. The van der Waals surface area contributed by atoms with E-state index in [1.165, 1.54) is 0 Å². The molecule has 4 nitrogen and oxygen atoms in total. The lowest BCUT2D eigenvalue weighted by Gasteiger charge is -2.02. The molecule has 0 aliphatic rings. The summed E-state index contributed by atoms with van der Waals surface area (Å²) in [5, 5.41) is 8.32. The lowest BCUT2D eigenvalue weighted by molar-refractivity contribution is 0.0279. The van der Waals surface area contributed by atoms with Crippen molar-refractivity contribution in [2.24, 2.45) is 0 Å². The van der Waals surface area contributed by atoms with E-state index >= 15 is 0 Å². The van der Waals surface area contributed by atoms with Crippen LogP contribution in [-0.2, 0) is 12.5 Å². The molecule has 0 aliphatic carbocycles. The molecule has 0 heterocycles. The molecule has 0 unspecified atom stereocenters. The van der Waals surface area contributed by atoms with Gasteiger partial charge in [-0.1, -0.05) is 0 Å². The van der Waals surface area contributed by atoms with Crippen molar-refractivity contribution >= 4 is 23.0 Å². The number of hydrogen-bond donors (Lipinski definition) is 1. The summed E-state index contributed by atoms with van der Waals surface area (Å²) in [6.45, 7) is 2.72. The van der Waals surface area contributed by atoms with Crippen LogP contribution in [0.15, 0.2) is 0 Å². The maximum Gasteiger partial charge on any atom is 0.109 e. The van der Waals surface area contributed by atoms with Gasteiger partial charge in [0.15, 0.2) is 0 Å². The fraction of sp³-hybridized carbons (Fsp3) is 1.00. The highest BCUT2D eigenvalue weighted by Gasteiger charge is 1.88. The Morgan fingerprint density at radius 2 is 1.45 bits per heavy atom. The van der Waals surface area contributed by atoms with Gasteiger partial charge in [0.25, 0.3) is 0 Å². The van der Waals surface area contributed by atoms with Crippen LogP contribution in [0.25, 0.3) is 0 Å². The molecule has 0 fully saturated rings. The van der Waals surface area contributed by atoms with Gasteiger partial charge >= 0.3 is 0 Å². The Labute approximate surface area is 80.5 Å². The van der Waals surface area contributed by atoms with Crippen molar-refractivity contribution in [3.63, 3.8) is 0 Å². The minimum Gasteiger partial charge on any atom is -0.394 e. The predicted molar refractivity (Wildman–Crippen MR) is 48.7 cm³/mol. The molecule has 0 amide bonds. The van der Waals surface area contributed by atoms with Crippen LogP contribution in [0.5, 0.6) is 0 Å². The van der Waals surface area contributed by atoms with Gasteiger partial charge in [-0.3, -0.25) is 0 Å². The Bertz CT molecular complexity index is 63.6. The Morgan fingerprint density at radius 1 is 0.909 bits per heavy atom. The van der Waals surface area contributed by atoms with Gasteiger partial charge in [0.2, 0.25) is 0 Å². The van der Waals surface area contributed by atoms with E-state index < -0.39 is 0 Å². The second-order valence-electron chi connectivity index (χ2n) is 1.76. The largest absolute Gasteiger partial charge is 0.394 e. The van der Waals surface area contributed by atoms with Gasteiger partial charge in [-0.05, 0) is 0 Å². The van der Waals surface area contributed by atoms with Crippen LogP contribution >= 0.6 is 23.0 Å². The van der Waals surface area contributed by atoms with E-state index in [1.54, 1.807) is 0 Å². The summed E-state index contributed by atoms with van der Waals surface area (Å²) in [6.07, 6.45) is 0. The Morgan fingerprint density at radius 3 is 2.00 bits per heavy atom. The van der Waals surface area contributed by atoms with Crippen molar-refractivity contribution in [2.75, 3.05) is 39.6 Å². The van der Waals surface area contributed by atoms with Crippen LogP contribution in [-0.4, -0.2) is 44.7 Å². The summed E-state index contributed by atoms with van der Waals surface area (Å²) < 4.78 is 14.8. The van der Waals surface area contributed by atoms with Gasteiger partial charge in [-0.25, -0.2) is 0 Å². The maximum atomic E-state index is 8.32. The summed E-state index contributed by atoms with van der Waals surface area (Å²) in [6, 6.07) is 0. The molecule has 0 saturated carbocycles. The molecule has 0 radical (unpaired) electrons. The lowest BCUT2D eigenvalue weighted by atomic mass is 10.7. The molecular formula is C6H13IO4. The van der Waals surface area contributed by atoms with E-state index in [2.05, 4.69) is 0 Å². The molecule has 11 heavy (non-hydrogen) atoms. The van der Waals surface area contributed by atoms with E-state index in [-0.39, 0.29) is 6.61 Å². The van der Waals surface area contributed by atoms with Gasteiger partial charge in [0.1, 0.15) is 23.0 Å². The average molecular weight is 276 g/mol. The third kappa shape index (κ3) is 10.6. The predicted octanol–water partition coefficient (Wildman–Crippen LogP) is 0.379. The van der Waals surface area contributed by atoms with Crippen molar-refractivity contribution < 1.29 is 17.6 Å². The second-order valence-corrected chi connectivity index (χ2v) is 2.38. The summed E-state index contributed by atoms with van der Waals surface area (Å²) in [5.74, 6) is 0. The topological polar surface area (TPSA) is 47.9 Å². The number of halogens is 1. The molecule has 0 aliphatic heterocycles. The molecule has 0 spiro atoms. The SMILES string of the molecule is OCCOCCOCCOI. The van der Waals surface area contributed by atoms with Crippen molar-refractivity contribution in [1.29, 1.82) is 0 Å². The zero-order chi connectivity index (χ0) is 8.36. The monoisotopic (exact) mass is 276 g/mol. The van der Waals surface area contributed by atoms with Crippen LogP contribution in [0.2, 0.25) is 0 Å². The number of hydrogen-bond acceptors (Lipinski definition) is 4. The molecule has 0 aromatic rings. The molecule has 0 rings (SSSR count). The summed E-state index contributed by atoms with van der Waals surface area (Å²) in [7, 11) is 0. The van der Waals surface area contributed by atoms with Gasteiger partial charge in [0, 0.05) is 0 Å². The molecule has 5 heteroatoms. The van der Waals surface area contributed by atoms with E-state index in [1.807, 2.05) is 23.0 Å². The molecule has 0 aromatic carbocycles. The molecule has 1 N–H and O–H groups in total. The van der Waals surface area contributed by atoms with Crippen LogP contribution < -0.4 is 0 Å². The zero-order valence-corrected chi connectivity index (χ0v) is 8.45. The smallest absolute Gasteiger partial charge is 0.109 e. The molecule has 0 bridgehead atoms. The minimum atomic E-state index is 0.0663. The van der Waals surface area contributed by atoms with Crippen LogP contribution in [0.1, 0.15) is 0 Å². The van der Waals surface area contributed by atoms with Gasteiger partial charge in [-0.15, -0.1) is 0 Å². The number of aliphatic hydroxyl groups is 1. The third-order valence-corrected chi connectivity index (χ3v) is 1.35. The first kappa shape index (κ1) is 11.6. The number of aliphatic hydroxyl groups excluding tert-OH is 1. The number of rotatable bonds is 8. The lowest BCUT2D eigenvalue weighted by Crippen LogP contribution is -2.09. The quantitative estimate of drug-likeness (QED) is 0.514. The van der Waals surface area contributed by atoms with E-state index in [4.69, 9.17) is 17.6 Å². The Kier molecular flexibility index (Phi) is 11.1. The van der Waals surface area contributed by atoms with Crippen LogP contribution in [0.3, 0.4) is 0 Å². The normalized spacial score (nSPS) is 10.4. The fourth-order valence-electron chi connectivity index (χ4n) is 0.477. The second kappa shape index (κ2) is 10.6. The minimum absolute atomic E-state index is 0.0663. The molecule has 0 aromatic heterocycles. The van der Waals surface area contributed by atoms with E-state index in [0.717, 1.165) is 0 Å². The van der Waals surface area contributed by atoms with Crippen molar-refractivity contribution in [3.05, 3.63) is 0 Å². The third-order valence-electron chi connectivity index (χ3n) is 0.912. The van der Waals surface area contributed by atoms with Gasteiger partial charge in [-0.2, -0.15) is 0 Å². The summed E-state index contributed by atoms with van der Waals surface area (Å²) in [5.41, 5.74) is 0. The molecule has 68 valence electrons.